The molecule has 2 aliphatic rings. The number of rotatable bonds is 3. The largest absolute Gasteiger partial charge is 0.381 e. The van der Waals surface area contributed by atoms with Crippen LogP contribution < -0.4 is 5.32 Å². The van der Waals surface area contributed by atoms with Gasteiger partial charge in [0.25, 0.3) is 0 Å². The van der Waals surface area contributed by atoms with Crippen LogP contribution in [-0.2, 0) is 10.2 Å². The monoisotopic (exact) mass is 535 g/mol. The Bertz CT molecular complexity index is 587. The van der Waals surface area contributed by atoms with Gasteiger partial charge in [0.05, 0.1) is 0 Å². The van der Waals surface area contributed by atoms with Crippen LogP contribution in [0.4, 0.5) is 0 Å². The Morgan fingerprint density at radius 3 is 2.62 bits per heavy atom. The summed E-state index contributed by atoms with van der Waals surface area (Å²) in [6, 6.07) is 8.80. The minimum atomic E-state index is 0. The van der Waals surface area contributed by atoms with Gasteiger partial charge in [0.1, 0.15) is 0 Å². The van der Waals surface area contributed by atoms with Gasteiger partial charge in [0.15, 0.2) is 5.96 Å². The highest BCUT2D eigenvalue weighted by atomic mass is 127. The molecule has 6 heteroatoms. The Labute approximate surface area is 183 Å². The summed E-state index contributed by atoms with van der Waals surface area (Å²) in [5, 5.41) is 3.69. The average molecular weight is 536 g/mol. The zero-order valence-corrected chi connectivity index (χ0v) is 19.8. The van der Waals surface area contributed by atoms with Crippen molar-refractivity contribution in [1.29, 1.82) is 0 Å². The predicted octanol–water partition coefficient (Wildman–Crippen LogP) is 4.42. The number of halogens is 2. The van der Waals surface area contributed by atoms with E-state index >= 15 is 0 Å². The van der Waals surface area contributed by atoms with Crippen LogP contribution in [0.5, 0.6) is 0 Å². The van der Waals surface area contributed by atoms with Gasteiger partial charge in [-0.3, -0.25) is 4.99 Å². The van der Waals surface area contributed by atoms with Crippen molar-refractivity contribution in [1.82, 2.24) is 10.2 Å². The van der Waals surface area contributed by atoms with Crippen LogP contribution in [0.2, 0.25) is 0 Å². The quantitative estimate of drug-likeness (QED) is 0.353. The van der Waals surface area contributed by atoms with Crippen LogP contribution in [0.1, 0.15) is 38.2 Å². The van der Waals surface area contributed by atoms with Crippen molar-refractivity contribution < 1.29 is 4.74 Å². The third-order valence-corrected chi connectivity index (χ3v) is 6.19. The zero-order valence-electron chi connectivity index (χ0n) is 15.8. The molecule has 26 heavy (non-hydrogen) atoms. The maximum absolute atomic E-state index is 5.66. The van der Waals surface area contributed by atoms with E-state index in [1.165, 1.54) is 18.4 Å². The lowest BCUT2D eigenvalue weighted by atomic mass is 9.74. The molecule has 0 aromatic heterocycles. The molecule has 0 aliphatic carbocycles. The summed E-state index contributed by atoms with van der Waals surface area (Å²) in [5.41, 5.74) is 1.52. The minimum absolute atomic E-state index is 0. The summed E-state index contributed by atoms with van der Waals surface area (Å²) in [7, 11) is 1.90. The van der Waals surface area contributed by atoms with Crippen molar-refractivity contribution >= 4 is 45.9 Å². The molecule has 0 spiro atoms. The normalized spacial score (nSPS) is 23.3. The molecule has 1 atom stereocenters. The smallest absolute Gasteiger partial charge is 0.193 e. The van der Waals surface area contributed by atoms with E-state index in [0.29, 0.717) is 0 Å². The average Bonchev–Trinajstić information content (AvgIpc) is 2.64. The summed E-state index contributed by atoms with van der Waals surface area (Å²) in [6.45, 7) is 7.12. The van der Waals surface area contributed by atoms with Gasteiger partial charge in [-0.1, -0.05) is 35.0 Å². The van der Waals surface area contributed by atoms with Gasteiger partial charge in [-0.05, 0) is 49.3 Å². The van der Waals surface area contributed by atoms with E-state index in [9.17, 15) is 0 Å². The second-order valence-electron chi connectivity index (χ2n) is 7.49. The Balaban J connectivity index is 0.00000243. The molecule has 0 radical (unpaired) electrons. The molecule has 2 saturated heterocycles. The molecule has 2 aliphatic heterocycles. The van der Waals surface area contributed by atoms with Gasteiger partial charge >= 0.3 is 0 Å². The molecule has 4 nitrogen and oxygen atoms in total. The molecule has 0 saturated carbocycles. The zero-order chi connectivity index (χ0) is 17.7. The fraction of sp³-hybridized carbons (Fsp3) is 0.650. The Morgan fingerprint density at radius 2 is 2.00 bits per heavy atom. The van der Waals surface area contributed by atoms with Gasteiger partial charge in [0, 0.05) is 49.8 Å². The molecule has 146 valence electrons. The van der Waals surface area contributed by atoms with Crippen molar-refractivity contribution in [3.8, 4) is 0 Å². The van der Waals surface area contributed by atoms with Crippen molar-refractivity contribution in [2.45, 2.75) is 38.0 Å². The number of piperidine rings is 1. The molecule has 0 bridgehead atoms. The van der Waals surface area contributed by atoms with Gasteiger partial charge in [0.2, 0.25) is 0 Å². The summed E-state index contributed by atoms with van der Waals surface area (Å²) in [6.07, 6.45) is 4.69. The van der Waals surface area contributed by atoms with Crippen LogP contribution in [-0.4, -0.2) is 50.8 Å². The van der Waals surface area contributed by atoms with Gasteiger partial charge in [-0.15, -0.1) is 24.0 Å². The van der Waals surface area contributed by atoms with Gasteiger partial charge in [-0.2, -0.15) is 0 Å². The number of hydrogen-bond donors (Lipinski definition) is 1. The fourth-order valence-electron chi connectivity index (χ4n) is 4.10. The summed E-state index contributed by atoms with van der Waals surface area (Å²) in [4.78, 5) is 6.98. The second-order valence-corrected chi connectivity index (χ2v) is 8.41. The molecule has 2 heterocycles. The van der Waals surface area contributed by atoms with E-state index in [1.54, 1.807) is 0 Å². The van der Waals surface area contributed by atoms with E-state index in [4.69, 9.17) is 4.74 Å². The Kier molecular flexibility index (Phi) is 8.67. The SMILES string of the molecule is CN=C(NCC1(c2ccc(Br)cc2)CCOCC1)N1CCCC(C)C1.I. The highest BCUT2D eigenvalue weighted by Gasteiger charge is 2.35. The number of hydrogen-bond acceptors (Lipinski definition) is 2. The molecule has 1 unspecified atom stereocenters. The maximum atomic E-state index is 5.66. The Morgan fingerprint density at radius 1 is 1.31 bits per heavy atom. The highest BCUT2D eigenvalue weighted by Crippen LogP contribution is 2.35. The van der Waals surface area contributed by atoms with E-state index in [2.05, 4.69) is 62.3 Å². The van der Waals surface area contributed by atoms with Crippen molar-refractivity contribution in [2.75, 3.05) is 39.9 Å². The number of benzene rings is 1. The number of nitrogens with zero attached hydrogens (tertiary/aromatic N) is 2. The molecule has 3 rings (SSSR count). The predicted molar refractivity (Wildman–Crippen MR) is 123 cm³/mol. The number of nitrogens with one attached hydrogen (secondary N) is 1. The third-order valence-electron chi connectivity index (χ3n) is 5.66. The molecule has 0 amide bonds. The van der Waals surface area contributed by atoms with Crippen molar-refractivity contribution in [3.05, 3.63) is 34.3 Å². The molecular formula is C20H31BrIN3O. The van der Waals surface area contributed by atoms with Crippen LogP contribution in [0.25, 0.3) is 0 Å². The molecule has 2 fully saturated rings. The number of ether oxygens (including phenoxy) is 1. The van der Waals surface area contributed by atoms with E-state index in [1.807, 2.05) is 7.05 Å². The topological polar surface area (TPSA) is 36.9 Å². The maximum Gasteiger partial charge on any atom is 0.193 e. The molecule has 1 aromatic rings. The highest BCUT2D eigenvalue weighted by molar-refractivity contribution is 14.0. The van der Waals surface area contributed by atoms with Gasteiger partial charge in [-0.25, -0.2) is 0 Å². The molecule has 1 aromatic carbocycles. The van der Waals surface area contributed by atoms with Crippen LogP contribution in [0.15, 0.2) is 33.7 Å². The third kappa shape index (κ3) is 5.35. The lowest BCUT2D eigenvalue weighted by Gasteiger charge is -2.40. The van der Waals surface area contributed by atoms with Gasteiger partial charge < -0.3 is 15.0 Å². The lowest BCUT2D eigenvalue weighted by molar-refractivity contribution is 0.0511. The number of aliphatic imine (C=N–C) groups is 1. The van der Waals surface area contributed by atoms with Crippen LogP contribution in [0.3, 0.4) is 0 Å². The first-order chi connectivity index (χ1) is 12.1. The first-order valence-electron chi connectivity index (χ1n) is 9.42. The number of likely N-dealkylation sites (tertiary alicyclic amines) is 1. The summed E-state index contributed by atoms with van der Waals surface area (Å²) in [5.74, 6) is 1.80. The van der Waals surface area contributed by atoms with Crippen molar-refractivity contribution in [3.63, 3.8) is 0 Å². The van der Waals surface area contributed by atoms with Crippen molar-refractivity contribution in [2.24, 2.45) is 10.9 Å². The van der Waals surface area contributed by atoms with E-state index in [0.717, 1.165) is 62.0 Å². The molecule has 1 N–H and O–H groups in total. The number of guanidine groups is 1. The molecular weight excluding hydrogens is 505 g/mol. The standard InChI is InChI=1S/C20H30BrN3O.HI/c1-16-4-3-11-24(14-16)19(22-2)23-15-20(9-12-25-13-10-20)17-5-7-18(21)8-6-17;/h5-8,16H,3-4,9-15H2,1-2H3,(H,22,23);1H. The summed E-state index contributed by atoms with van der Waals surface area (Å²) >= 11 is 3.55. The van der Waals surface area contributed by atoms with Crippen LogP contribution in [0, 0.1) is 5.92 Å². The summed E-state index contributed by atoms with van der Waals surface area (Å²) < 4.78 is 6.78. The van der Waals surface area contributed by atoms with E-state index < -0.39 is 0 Å². The first kappa shape index (κ1) is 22.0. The first-order valence-corrected chi connectivity index (χ1v) is 10.2. The second kappa shape index (κ2) is 10.3. The fourth-order valence-corrected chi connectivity index (χ4v) is 4.36. The Hall–Kier alpha value is -0.340. The lowest BCUT2D eigenvalue weighted by Crippen LogP contribution is -2.51. The van der Waals surface area contributed by atoms with Crippen LogP contribution >= 0.6 is 39.9 Å². The van der Waals surface area contributed by atoms with E-state index in [-0.39, 0.29) is 29.4 Å². The minimum Gasteiger partial charge on any atom is -0.381 e.